The van der Waals surface area contributed by atoms with Crippen LogP contribution in [0.15, 0.2) is 54.1 Å². The number of aromatic nitrogens is 1. The first-order chi connectivity index (χ1) is 15.8. The summed E-state index contributed by atoms with van der Waals surface area (Å²) in [7, 11) is 0. The summed E-state index contributed by atoms with van der Waals surface area (Å²) in [6.45, 7) is 12.0. The van der Waals surface area contributed by atoms with E-state index in [2.05, 4.69) is 52.9 Å². The van der Waals surface area contributed by atoms with Crippen molar-refractivity contribution in [3.63, 3.8) is 0 Å². The van der Waals surface area contributed by atoms with E-state index in [0.717, 1.165) is 41.3 Å². The Morgan fingerprint density at radius 2 is 1.79 bits per heavy atom. The lowest BCUT2D eigenvalue weighted by Gasteiger charge is -2.21. The molecule has 0 atom stereocenters. The SMILES string of the molecule is CCN(CC)c1ccc(-n2c(C)cc(/C=C(/C#N)C(=O)Nc3cccc(Cl)c3C)c2C)cc1. The number of benzene rings is 2. The van der Waals surface area contributed by atoms with Crippen LogP contribution in [0.25, 0.3) is 11.8 Å². The molecule has 0 aliphatic heterocycles. The third-order valence-electron chi connectivity index (χ3n) is 5.89. The Bertz CT molecular complexity index is 1230. The molecular formula is C27H29ClN4O. The van der Waals surface area contributed by atoms with Crippen molar-refractivity contribution in [3.05, 3.63) is 81.6 Å². The molecule has 1 heterocycles. The Labute approximate surface area is 200 Å². The number of hydrogen-bond donors (Lipinski definition) is 1. The van der Waals surface area contributed by atoms with Crippen LogP contribution in [0.5, 0.6) is 0 Å². The largest absolute Gasteiger partial charge is 0.372 e. The van der Waals surface area contributed by atoms with Crippen molar-refractivity contribution < 1.29 is 4.79 Å². The Kier molecular flexibility index (Phi) is 7.63. The average Bonchev–Trinajstić information content (AvgIpc) is 3.09. The van der Waals surface area contributed by atoms with Gasteiger partial charge in [0.25, 0.3) is 5.91 Å². The van der Waals surface area contributed by atoms with Crippen LogP contribution in [-0.2, 0) is 4.79 Å². The highest BCUT2D eigenvalue weighted by Gasteiger charge is 2.15. The van der Waals surface area contributed by atoms with Gasteiger partial charge in [-0.1, -0.05) is 17.7 Å². The molecule has 3 aromatic rings. The van der Waals surface area contributed by atoms with E-state index < -0.39 is 5.91 Å². The second kappa shape index (κ2) is 10.4. The van der Waals surface area contributed by atoms with E-state index in [-0.39, 0.29) is 5.57 Å². The van der Waals surface area contributed by atoms with Gasteiger partial charge in [0, 0.05) is 46.6 Å². The van der Waals surface area contributed by atoms with Crippen molar-refractivity contribution in [3.8, 4) is 11.8 Å². The molecule has 0 radical (unpaired) electrons. The van der Waals surface area contributed by atoms with Crippen molar-refractivity contribution in [2.24, 2.45) is 0 Å². The zero-order valence-corrected chi connectivity index (χ0v) is 20.5. The molecule has 0 fully saturated rings. The van der Waals surface area contributed by atoms with Crippen LogP contribution >= 0.6 is 11.6 Å². The van der Waals surface area contributed by atoms with E-state index in [1.165, 1.54) is 5.69 Å². The van der Waals surface area contributed by atoms with Crippen molar-refractivity contribution in [1.82, 2.24) is 4.57 Å². The molecule has 1 aromatic heterocycles. The molecule has 2 aromatic carbocycles. The Hall–Kier alpha value is -3.49. The van der Waals surface area contributed by atoms with Crippen LogP contribution in [0.2, 0.25) is 5.02 Å². The first kappa shape index (κ1) is 24.2. The van der Waals surface area contributed by atoms with Crippen LogP contribution in [0.1, 0.15) is 36.4 Å². The second-order valence-electron chi connectivity index (χ2n) is 7.89. The van der Waals surface area contributed by atoms with Gasteiger partial charge in [0.1, 0.15) is 11.6 Å². The molecular weight excluding hydrogens is 432 g/mol. The quantitative estimate of drug-likeness (QED) is 0.325. The predicted molar refractivity (Wildman–Crippen MR) is 137 cm³/mol. The van der Waals surface area contributed by atoms with Gasteiger partial charge in [-0.05, 0) is 94.3 Å². The van der Waals surface area contributed by atoms with Crippen LogP contribution in [0, 0.1) is 32.1 Å². The molecule has 0 bridgehead atoms. The lowest BCUT2D eigenvalue weighted by molar-refractivity contribution is -0.112. The summed E-state index contributed by atoms with van der Waals surface area (Å²) < 4.78 is 2.13. The molecule has 5 nitrogen and oxygen atoms in total. The number of hydrogen-bond acceptors (Lipinski definition) is 3. The second-order valence-corrected chi connectivity index (χ2v) is 8.29. The van der Waals surface area contributed by atoms with E-state index in [4.69, 9.17) is 11.6 Å². The third kappa shape index (κ3) is 5.13. The number of rotatable bonds is 7. The number of amides is 1. The fraction of sp³-hybridized carbons (Fsp3) is 0.259. The smallest absolute Gasteiger partial charge is 0.266 e. The highest BCUT2D eigenvalue weighted by Crippen LogP contribution is 2.26. The number of anilines is 2. The van der Waals surface area contributed by atoms with E-state index >= 15 is 0 Å². The maximum atomic E-state index is 12.8. The highest BCUT2D eigenvalue weighted by molar-refractivity contribution is 6.31. The van der Waals surface area contributed by atoms with Gasteiger partial charge in [-0.3, -0.25) is 4.79 Å². The molecule has 170 valence electrons. The normalized spacial score (nSPS) is 11.2. The van der Waals surface area contributed by atoms with Gasteiger partial charge in [-0.2, -0.15) is 5.26 Å². The molecule has 1 amide bonds. The van der Waals surface area contributed by atoms with Gasteiger partial charge in [0.15, 0.2) is 0 Å². The minimum absolute atomic E-state index is 0.0338. The Morgan fingerprint density at radius 3 is 2.39 bits per heavy atom. The molecule has 0 saturated heterocycles. The van der Waals surface area contributed by atoms with Gasteiger partial charge >= 0.3 is 0 Å². The van der Waals surface area contributed by atoms with E-state index in [1.807, 2.05) is 32.9 Å². The minimum Gasteiger partial charge on any atom is -0.372 e. The number of nitriles is 1. The Morgan fingerprint density at radius 1 is 1.12 bits per heavy atom. The van der Waals surface area contributed by atoms with Gasteiger partial charge in [0.2, 0.25) is 0 Å². The molecule has 3 rings (SSSR count). The number of nitrogens with zero attached hydrogens (tertiary/aromatic N) is 3. The van der Waals surface area contributed by atoms with Gasteiger partial charge < -0.3 is 14.8 Å². The molecule has 0 aliphatic rings. The fourth-order valence-electron chi connectivity index (χ4n) is 3.97. The van der Waals surface area contributed by atoms with Crippen LogP contribution in [-0.4, -0.2) is 23.6 Å². The zero-order valence-electron chi connectivity index (χ0n) is 19.7. The van der Waals surface area contributed by atoms with Crippen LogP contribution in [0.4, 0.5) is 11.4 Å². The van der Waals surface area contributed by atoms with Crippen LogP contribution < -0.4 is 10.2 Å². The monoisotopic (exact) mass is 460 g/mol. The average molecular weight is 461 g/mol. The molecule has 0 unspecified atom stereocenters. The first-order valence-electron chi connectivity index (χ1n) is 11.0. The number of carbonyl (C=O) groups is 1. The number of aryl methyl sites for hydroxylation is 1. The molecule has 0 saturated carbocycles. The maximum Gasteiger partial charge on any atom is 0.266 e. The molecule has 33 heavy (non-hydrogen) atoms. The Balaban J connectivity index is 1.91. The standard InChI is InChI=1S/C27H29ClN4O/c1-6-31(7-2)23-11-13-24(14-12-23)32-18(3)15-21(20(32)5)16-22(17-29)27(33)30-26-10-8-9-25(28)19(26)4/h8-16H,6-7H2,1-5H3,(H,30,33)/b22-16-. The number of halogens is 1. The highest BCUT2D eigenvalue weighted by atomic mass is 35.5. The number of carbonyl (C=O) groups excluding carboxylic acids is 1. The minimum atomic E-state index is -0.462. The number of nitrogens with one attached hydrogen (secondary N) is 1. The molecule has 0 spiro atoms. The first-order valence-corrected chi connectivity index (χ1v) is 11.4. The van der Waals surface area contributed by atoms with Crippen molar-refractivity contribution in [1.29, 1.82) is 5.26 Å². The van der Waals surface area contributed by atoms with E-state index in [9.17, 15) is 10.1 Å². The maximum absolute atomic E-state index is 12.8. The fourth-order valence-corrected chi connectivity index (χ4v) is 4.14. The molecule has 1 N–H and O–H groups in total. The summed E-state index contributed by atoms with van der Waals surface area (Å²) in [6, 6.07) is 17.8. The zero-order chi connectivity index (χ0) is 24.1. The lowest BCUT2D eigenvalue weighted by Crippen LogP contribution is -2.21. The van der Waals surface area contributed by atoms with Crippen molar-refractivity contribution >= 4 is 35.0 Å². The lowest BCUT2D eigenvalue weighted by atomic mass is 10.1. The van der Waals surface area contributed by atoms with Gasteiger partial charge in [0.05, 0.1) is 0 Å². The molecule has 0 aliphatic carbocycles. The third-order valence-corrected chi connectivity index (χ3v) is 6.30. The van der Waals surface area contributed by atoms with Gasteiger partial charge in [-0.25, -0.2) is 0 Å². The topological polar surface area (TPSA) is 61.1 Å². The summed E-state index contributed by atoms with van der Waals surface area (Å²) in [4.78, 5) is 15.1. The summed E-state index contributed by atoms with van der Waals surface area (Å²) >= 11 is 6.15. The summed E-state index contributed by atoms with van der Waals surface area (Å²) in [6.07, 6.45) is 1.64. The van der Waals surface area contributed by atoms with Crippen molar-refractivity contribution in [2.75, 3.05) is 23.3 Å². The van der Waals surface area contributed by atoms with E-state index in [0.29, 0.717) is 10.7 Å². The summed E-state index contributed by atoms with van der Waals surface area (Å²) in [5.41, 5.74) is 6.43. The predicted octanol–water partition coefficient (Wildman–Crippen LogP) is 6.45. The van der Waals surface area contributed by atoms with Gasteiger partial charge in [-0.15, -0.1) is 0 Å². The van der Waals surface area contributed by atoms with Crippen LogP contribution in [0.3, 0.4) is 0 Å². The summed E-state index contributed by atoms with van der Waals surface area (Å²) in [5, 5.41) is 13.0. The summed E-state index contributed by atoms with van der Waals surface area (Å²) in [5.74, 6) is -0.462. The van der Waals surface area contributed by atoms with E-state index in [1.54, 1.807) is 24.3 Å². The molecule has 6 heteroatoms. The van der Waals surface area contributed by atoms with Crippen molar-refractivity contribution in [2.45, 2.75) is 34.6 Å².